The van der Waals surface area contributed by atoms with Gasteiger partial charge in [0.25, 0.3) is 0 Å². The highest BCUT2D eigenvalue weighted by Gasteiger charge is 2.28. The Bertz CT molecular complexity index is 475. The first kappa shape index (κ1) is 14.9. The number of carbonyl (C=O) groups is 1. The molecule has 20 heavy (non-hydrogen) atoms. The van der Waals surface area contributed by atoms with Gasteiger partial charge in [0.15, 0.2) is 0 Å². The van der Waals surface area contributed by atoms with Crippen LogP contribution in [0.25, 0.3) is 0 Å². The van der Waals surface area contributed by atoms with Crippen molar-refractivity contribution in [2.24, 2.45) is 5.92 Å². The number of hydrogen-bond acceptors (Lipinski definition) is 4. The topological polar surface area (TPSA) is 58.1 Å². The Morgan fingerprint density at radius 1 is 1.40 bits per heavy atom. The first-order chi connectivity index (χ1) is 9.38. The monoisotopic (exact) mass is 276 g/mol. The molecule has 1 N–H and O–H groups in total. The molecule has 2 rings (SSSR count). The summed E-state index contributed by atoms with van der Waals surface area (Å²) >= 11 is 0. The molecule has 110 valence electrons. The molecule has 5 heteroatoms. The number of likely N-dealkylation sites (tertiary alicyclic amines) is 1. The molecule has 1 aliphatic heterocycles. The molecule has 0 unspecified atom stereocenters. The summed E-state index contributed by atoms with van der Waals surface area (Å²) in [5.41, 5.74) is 2.25. The van der Waals surface area contributed by atoms with E-state index in [9.17, 15) is 4.79 Å². The third kappa shape index (κ3) is 3.76. The molecule has 0 aromatic carbocycles. The van der Waals surface area contributed by atoms with Gasteiger partial charge in [-0.2, -0.15) is 0 Å². The molecule has 5 nitrogen and oxygen atoms in total. The normalized spacial score (nSPS) is 16.8. The van der Waals surface area contributed by atoms with Crippen molar-refractivity contribution in [3.63, 3.8) is 0 Å². The summed E-state index contributed by atoms with van der Waals surface area (Å²) < 4.78 is 0. The van der Waals surface area contributed by atoms with Crippen molar-refractivity contribution in [3.05, 3.63) is 23.8 Å². The number of rotatable bonds is 4. The van der Waals surface area contributed by atoms with E-state index in [0.29, 0.717) is 12.5 Å². The maximum Gasteiger partial charge on any atom is 0.233 e. The first-order valence-electron chi connectivity index (χ1n) is 7.13. The number of nitrogens with one attached hydrogen (secondary N) is 1. The second-order valence-electron chi connectivity index (χ2n) is 6.58. The molecule has 0 spiro atoms. The summed E-state index contributed by atoms with van der Waals surface area (Å²) in [7, 11) is 1.68. The van der Waals surface area contributed by atoms with Crippen molar-refractivity contribution in [2.45, 2.75) is 32.6 Å². The van der Waals surface area contributed by atoms with Crippen LogP contribution in [0.3, 0.4) is 0 Å². The number of aromatic nitrogens is 2. The smallest absolute Gasteiger partial charge is 0.233 e. The van der Waals surface area contributed by atoms with Crippen molar-refractivity contribution in [2.75, 3.05) is 26.7 Å². The van der Waals surface area contributed by atoms with Crippen LogP contribution in [-0.2, 0) is 16.6 Å². The van der Waals surface area contributed by atoms with Gasteiger partial charge in [0.05, 0.1) is 6.54 Å². The zero-order valence-electron chi connectivity index (χ0n) is 12.8. The van der Waals surface area contributed by atoms with Gasteiger partial charge >= 0.3 is 0 Å². The van der Waals surface area contributed by atoms with Crippen LogP contribution in [0.1, 0.15) is 32.2 Å². The summed E-state index contributed by atoms with van der Waals surface area (Å²) in [6.07, 6.45) is 2.63. The Labute approximate surface area is 120 Å². The first-order valence-corrected chi connectivity index (χ1v) is 7.13. The summed E-state index contributed by atoms with van der Waals surface area (Å²) in [4.78, 5) is 22.1. The summed E-state index contributed by atoms with van der Waals surface area (Å²) in [5, 5.41) is 2.65. The van der Waals surface area contributed by atoms with Gasteiger partial charge in [-0.1, -0.05) is 20.8 Å². The van der Waals surface area contributed by atoms with Gasteiger partial charge in [-0.25, -0.2) is 9.97 Å². The fourth-order valence-corrected chi connectivity index (χ4v) is 2.43. The Morgan fingerprint density at radius 3 is 2.70 bits per heavy atom. The fraction of sp³-hybridized carbons (Fsp3) is 0.667. The van der Waals surface area contributed by atoms with Crippen LogP contribution in [0.2, 0.25) is 0 Å². The maximum absolute atomic E-state index is 11.3. The Morgan fingerprint density at radius 2 is 2.10 bits per heavy atom. The third-order valence-corrected chi connectivity index (χ3v) is 3.67. The quantitative estimate of drug-likeness (QED) is 0.891. The molecule has 0 saturated carbocycles. The Hall–Kier alpha value is -1.49. The average Bonchev–Trinajstić information content (AvgIpc) is 2.35. The molecular formula is C15H24N4O. The number of nitrogens with zero attached hydrogens (tertiary/aromatic N) is 3. The van der Waals surface area contributed by atoms with Crippen molar-refractivity contribution in [3.8, 4) is 0 Å². The molecule has 1 aliphatic rings. The highest BCUT2D eigenvalue weighted by Crippen LogP contribution is 2.23. The lowest BCUT2D eigenvalue weighted by Crippen LogP contribution is -2.51. The van der Waals surface area contributed by atoms with E-state index in [2.05, 4.69) is 47.0 Å². The van der Waals surface area contributed by atoms with Crippen molar-refractivity contribution in [1.82, 2.24) is 20.2 Å². The van der Waals surface area contributed by atoms with Crippen molar-refractivity contribution >= 4 is 5.91 Å². The fourth-order valence-electron chi connectivity index (χ4n) is 2.43. The lowest BCUT2D eigenvalue weighted by molar-refractivity contribution is -0.123. The van der Waals surface area contributed by atoms with Crippen LogP contribution < -0.4 is 5.32 Å². The van der Waals surface area contributed by atoms with Gasteiger partial charge in [0, 0.05) is 36.9 Å². The predicted molar refractivity (Wildman–Crippen MR) is 78.4 cm³/mol. The lowest BCUT2D eigenvalue weighted by Gasteiger charge is -2.38. The van der Waals surface area contributed by atoms with E-state index in [1.54, 1.807) is 13.4 Å². The van der Waals surface area contributed by atoms with E-state index >= 15 is 0 Å². The number of amides is 1. The van der Waals surface area contributed by atoms with Gasteiger partial charge in [-0.3, -0.25) is 9.69 Å². The second kappa shape index (κ2) is 5.87. The van der Waals surface area contributed by atoms with E-state index in [0.717, 1.165) is 30.9 Å². The molecule has 1 aromatic rings. The molecule has 0 atom stereocenters. The van der Waals surface area contributed by atoms with Gasteiger partial charge in [-0.05, 0) is 18.4 Å². The highest BCUT2D eigenvalue weighted by molar-refractivity contribution is 5.77. The Kier molecular flexibility index (Phi) is 4.38. The zero-order chi connectivity index (χ0) is 14.8. The molecule has 1 amide bonds. The molecular weight excluding hydrogens is 252 g/mol. The van der Waals surface area contributed by atoms with E-state index in [4.69, 9.17) is 0 Å². The second-order valence-corrected chi connectivity index (χ2v) is 6.58. The van der Waals surface area contributed by atoms with Crippen LogP contribution in [0, 0.1) is 5.92 Å². The van der Waals surface area contributed by atoms with E-state index in [1.807, 2.05) is 0 Å². The van der Waals surface area contributed by atoms with Crippen LogP contribution >= 0.6 is 0 Å². The van der Waals surface area contributed by atoms with E-state index in [-0.39, 0.29) is 11.3 Å². The van der Waals surface area contributed by atoms with Crippen molar-refractivity contribution < 1.29 is 4.79 Å². The number of likely N-dealkylation sites (N-methyl/N-ethyl adjacent to an activating group) is 1. The average molecular weight is 276 g/mol. The minimum Gasteiger partial charge on any atom is -0.358 e. The zero-order valence-corrected chi connectivity index (χ0v) is 12.8. The Balaban J connectivity index is 1.86. The summed E-state index contributed by atoms with van der Waals surface area (Å²) in [6.45, 7) is 8.93. The van der Waals surface area contributed by atoms with E-state index < -0.39 is 0 Å². The highest BCUT2D eigenvalue weighted by atomic mass is 16.1. The van der Waals surface area contributed by atoms with Gasteiger partial charge < -0.3 is 5.32 Å². The maximum atomic E-state index is 11.3. The minimum atomic E-state index is 0.0581. The third-order valence-electron chi connectivity index (χ3n) is 3.67. The number of carbonyl (C=O) groups excluding carboxylic acids is 1. The van der Waals surface area contributed by atoms with Gasteiger partial charge in [0.2, 0.25) is 5.91 Å². The summed E-state index contributed by atoms with van der Waals surface area (Å²) in [6, 6.07) is 2.11. The predicted octanol–water partition coefficient (Wildman–Crippen LogP) is 0.994. The molecule has 1 aromatic heterocycles. The van der Waals surface area contributed by atoms with Crippen molar-refractivity contribution in [1.29, 1.82) is 0 Å². The van der Waals surface area contributed by atoms with Crippen LogP contribution in [0.15, 0.2) is 12.4 Å². The molecule has 2 heterocycles. The molecule has 0 radical (unpaired) electrons. The lowest BCUT2D eigenvalue weighted by atomic mass is 9.89. The molecule has 1 saturated heterocycles. The summed E-state index contributed by atoms with van der Waals surface area (Å²) in [5.74, 6) is 0.683. The minimum absolute atomic E-state index is 0.0581. The molecule has 0 aliphatic carbocycles. The van der Waals surface area contributed by atoms with Crippen LogP contribution in [0.4, 0.5) is 0 Å². The number of hydrogen-bond donors (Lipinski definition) is 1. The van der Waals surface area contributed by atoms with Gasteiger partial charge in [-0.15, -0.1) is 0 Å². The molecule has 1 fully saturated rings. The van der Waals surface area contributed by atoms with E-state index in [1.165, 1.54) is 0 Å². The largest absolute Gasteiger partial charge is 0.358 e. The molecule has 0 bridgehead atoms. The SMILES string of the molecule is CNC(=O)CN1CC(Cc2cc(C(C)(C)C)ncn2)C1. The van der Waals surface area contributed by atoms with Crippen LogP contribution in [0.5, 0.6) is 0 Å². The van der Waals surface area contributed by atoms with Gasteiger partial charge in [0.1, 0.15) is 6.33 Å². The van der Waals surface area contributed by atoms with Crippen LogP contribution in [-0.4, -0.2) is 47.5 Å². The standard InChI is InChI=1S/C15H24N4O/c1-15(2,3)13-6-12(17-10-18-13)5-11-7-19(8-11)9-14(20)16-4/h6,10-11H,5,7-9H2,1-4H3,(H,16,20).